The van der Waals surface area contributed by atoms with E-state index in [0.29, 0.717) is 5.92 Å². The molecule has 0 bridgehead atoms. The monoisotopic (exact) mass is 324 g/mol. The first kappa shape index (κ1) is 17.0. The summed E-state index contributed by atoms with van der Waals surface area (Å²) in [6.45, 7) is 2.12. The van der Waals surface area contributed by atoms with E-state index in [1.54, 1.807) is 0 Å². The van der Waals surface area contributed by atoms with Crippen molar-refractivity contribution < 1.29 is 13.2 Å². The molecule has 1 aliphatic carbocycles. The van der Waals surface area contributed by atoms with Crippen molar-refractivity contribution >= 4 is 15.9 Å². The lowest BCUT2D eigenvalue weighted by molar-refractivity contribution is -0.121. The number of hydrogen-bond acceptors (Lipinski definition) is 3. The van der Waals surface area contributed by atoms with Crippen LogP contribution in [0.5, 0.6) is 0 Å². The highest BCUT2D eigenvalue weighted by atomic mass is 32.2. The fraction of sp³-hybridized carbons (Fsp3) is 0.562. The Hall–Kier alpha value is -1.40. The number of benzene rings is 1. The summed E-state index contributed by atoms with van der Waals surface area (Å²) < 4.78 is 24.6. The molecule has 0 heterocycles. The van der Waals surface area contributed by atoms with E-state index in [1.807, 2.05) is 18.2 Å². The summed E-state index contributed by atoms with van der Waals surface area (Å²) in [5.74, 6) is -0.0162. The third-order valence-corrected chi connectivity index (χ3v) is 6.12. The lowest BCUT2D eigenvalue weighted by Crippen LogP contribution is -2.37. The molecule has 0 aliphatic heterocycles. The molecule has 5 nitrogen and oxygen atoms in total. The maximum Gasteiger partial charge on any atom is 0.221 e. The average Bonchev–Trinajstić information content (AvgIpc) is 2.48. The summed E-state index contributed by atoms with van der Waals surface area (Å²) in [5.41, 5.74) is 2.43. The number of amides is 1. The minimum absolute atomic E-state index is 0.00804. The summed E-state index contributed by atoms with van der Waals surface area (Å²) in [5, 5.41) is 3.01. The Bertz CT molecular complexity index is 641. The summed E-state index contributed by atoms with van der Waals surface area (Å²) in [7, 11) is -0.378. The van der Waals surface area contributed by atoms with Gasteiger partial charge < -0.3 is 5.32 Å². The molecule has 0 saturated carbocycles. The highest BCUT2D eigenvalue weighted by Gasteiger charge is 2.28. The molecule has 0 fully saturated rings. The highest BCUT2D eigenvalue weighted by molar-refractivity contribution is 7.89. The van der Waals surface area contributed by atoms with Crippen LogP contribution in [0.3, 0.4) is 0 Å². The predicted octanol–water partition coefficient (Wildman–Crippen LogP) is 1.71. The minimum atomic E-state index is -3.34. The van der Waals surface area contributed by atoms with Crippen molar-refractivity contribution in [2.24, 2.45) is 5.92 Å². The van der Waals surface area contributed by atoms with Crippen LogP contribution in [0.25, 0.3) is 0 Å². The molecule has 1 aliphatic rings. The van der Waals surface area contributed by atoms with Crippen LogP contribution in [-0.2, 0) is 21.2 Å². The molecule has 2 atom stereocenters. The van der Waals surface area contributed by atoms with Crippen LogP contribution in [0.2, 0.25) is 0 Å². The fourth-order valence-electron chi connectivity index (χ4n) is 2.79. The van der Waals surface area contributed by atoms with Crippen molar-refractivity contribution in [1.29, 1.82) is 0 Å². The van der Waals surface area contributed by atoms with Gasteiger partial charge in [0.1, 0.15) is 0 Å². The minimum Gasteiger partial charge on any atom is -0.349 e. The zero-order valence-electron chi connectivity index (χ0n) is 13.4. The van der Waals surface area contributed by atoms with Gasteiger partial charge in [0, 0.05) is 20.5 Å². The van der Waals surface area contributed by atoms with Crippen LogP contribution < -0.4 is 5.32 Å². The maximum atomic E-state index is 12.1. The zero-order chi connectivity index (χ0) is 16.3. The largest absolute Gasteiger partial charge is 0.349 e. The smallest absolute Gasteiger partial charge is 0.221 e. The highest BCUT2D eigenvalue weighted by Crippen LogP contribution is 2.34. The standard InChI is InChI=1S/C16H24N2O3S/c1-12-8-9-13-6-4-5-7-14(13)16(12)17-15(19)10-11-22(20,21)18(2)3/h4-7,12,16H,8-11H2,1-3H3,(H,17,19)/t12-,16+/m0/s1. The normalized spacial score (nSPS) is 21.5. The van der Waals surface area contributed by atoms with Gasteiger partial charge in [0.15, 0.2) is 0 Å². The van der Waals surface area contributed by atoms with E-state index in [0.717, 1.165) is 22.7 Å². The molecule has 6 heteroatoms. The van der Waals surface area contributed by atoms with Crippen molar-refractivity contribution in [3.8, 4) is 0 Å². The van der Waals surface area contributed by atoms with Gasteiger partial charge in [-0.1, -0.05) is 31.2 Å². The van der Waals surface area contributed by atoms with Gasteiger partial charge in [0.2, 0.25) is 15.9 Å². The third-order valence-electron chi connectivity index (χ3n) is 4.29. The molecule has 1 N–H and O–H groups in total. The van der Waals surface area contributed by atoms with E-state index < -0.39 is 10.0 Å². The fourth-order valence-corrected chi connectivity index (χ4v) is 3.60. The summed E-state index contributed by atoms with van der Waals surface area (Å²) >= 11 is 0. The number of carbonyl (C=O) groups excluding carboxylic acids is 1. The number of sulfonamides is 1. The number of aryl methyl sites for hydroxylation is 1. The molecular formula is C16H24N2O3S. The Morgan fingerprint density at radius 2 is 2.00 bits per heavy atom. The lowest BCUT2D eigenvalue weighted by Gasteiger charge is -2.32. The molecule has 1 aromatic carbocycles. The Morgan fingerprint density at radius 1 is 1.32 bits per heavy atom. The van der Waals surface area contributed by atoms with Gasteiger partial charge in [0.05, 0.1) is 11.8 Å². The van der Waals surface area contributed by atoms with Crippen molar-refractivity contribution in [3.05, 3.63) is 35.4 Å². The first-order chi connectivity index (χ1) is 10.3. The quantitative estimate of drug-likeness (QED) is 0.896. The van der Waals surface area contributed by atoms with Crippen LogP contribution >= 0.6 is 0 Å². The van der Waals surface area contributed by atoms with E-state index in [9.17, 15) is 13.2 Å². The number of rotatable bonds is 5. The maximum absolute atomic E-state index is 12.1. The molecule has 1 aromatic rings. The molecule has 0 spiro atoms. The number of carbonyl (C=O) groups is 1. The molecule has 122 valence electrons. The van der Waals surface area contributed by atoms with E-state index in [2.05, 4.69) is 18.3 Å². The molecule has 0 saturated heterocycles. The van der Waals surface area contributed by atoms with Gasteiger partial charge in [-0.2, -0.15) is 0 Å². The first-order valence-electron chi connectivity index (χ1n) is 7.58. The first-order valence-corrected chi connectivity index (χ1v) is 9.19. The van der Waals surface area contributed by atoms with Crippen LogP contribution in [0.15, 0.2) is 24.3 Å². The van der Waals surface area contributed by atoms with Crippen LogP contribution in [0.1, 0.15) is 36.9 Å². The van der Waals surface area contributed by atoms with Gasteiger partial charge in [-0.25, -0.2) is 12.7 Å². The summed E-state index contributed by atoms with van der Waals surface area (Å²) in [4.78, 5) is 12.1. The van der Waals surface area contributed by atoms with E-state index in [1.165, 1.54) is 19.7 Å². The Labute approximate surface area is 132 Å². The zero-order valence-corrected chi connectivity index (χ0v) is 14.2. The molecule has 2 rings (SSSR count). The predicted molar refractivity (Wildman–Crippen MR) is 86.9 cm³/mol. The number of fused-ring (bicyclic) bond motifs is 1. The lowest BCUT2D eigenvalue weighted by atomic mass is 9.80. The van der Waals surface area contributed by atoms with E-state index >= 15 is 0 Å². The van der Waals surface area contributed by atoms with Gasteiger partial charge >= 0.3 is 0 Å². The molecule has 0 aromatic heterocycles. The number of nitrogens with zero attached hydrogens (tertiary/aromatic N) is 1. The topological polar surface area (TPSA) is 66.5 Å². The number of nitrogens with one attached hydrogen (secondary N) is 1. The second kappa shape index (κ2) is 6.79. The van der Waals surface area contributed by atoms with Gasteiger partial charge in [-0.05, 0) is 29.9 Å². The van der Waals surface area contributed by atoms with Crippen molar-refractivity contribution in [2.45, 2.75) is 32.2 Å². The van der Waals surface area contributed by atoms with Gasteiger partial charge in [0.25, 0.3) is 0 Å². The molecular weight excluding hydrogens is 300 g/mol. The van der Waals surface area contributed by atoms with Crippen molar-refractivity contribution in [1.82, 2.24) is 9.62 Å². The van der Waals surface area contributed by atoms with Crippen molar-refractivity contribution in [2.75, 3.05) is 19.8 Å². The van der Waals surface area contributed by atoms with Crippen LogP contribution in [0.4, 0.5) is 0 Å². The second-order valence-corrected chi connectivity index (χ2v) is 8.41. The van der Waals surface area contributed by atoms with Crippen molar-refractivity contribution in [3.63, 3.8) is 0 Å². The number of hydrogen-bond donors (Lipinski definition) is 1. The molecule has 0 radical (unpaired) electrons. The van der Waals surface area contributed by atoms with E-state index in [-0.39, 0.29) is 24.1 Å². The van der Waals surface area contributed by atoms with Gasteiger partial charge in [-0.15, -0.1) is 0 Å². The summed E-state index contributed by atoms with van der Waals surface area (Å²) in [6.07, 6.45) is 2.04. The Balaban J connectivity index is 2.03. The Morgan fingerprint density at radius 3 is 2.68 bits per heavy atom. The second-order valence-electron chi connectivity index (χ2n) is 6.11. The Kier molecular flexibility index (Phi) is 5.24. The van der Waals surface area contributed by atoms with Gasteiger partial charge in [-0.3, -0.25) is 4.79 Å². The average molecular weight is 324 g/mol. The third kappa shape index (κ3) is 3.87. The summed E-state index contributed by atoms with van der Waals surface area (Å²) in [6, 6.07) is 8.10. The molecule has 1 amide bonds. The van der Waals surface area contributed by atoms with Crippen LogP contribution in [-0.4, -0.2) is 38.5 Å². The van der Waals surface area contributed by atoms with E-state index in [4.69, 9.17) is 0 Å². The molecule has 0 unspecified atom stereocenters. The van der Waals surface area contributed by atoms with Crippen LogP contribution in [0, 0.1) is 5.92 Å². The SMILES string of the molecule is C[C@H]1CCc2ccccc2[C@@H]1NC(=O)CCS(=O)(=O)N(C)C. The molecule has 22 heavy (non-hydrogen) atoms.